The van der Waals surface area contributed by atoms with Crippen LogP contribution in [0.2, 0.25) is 0 Å². The lowest BCUT2D eigenvalue weighted by molar-refractivity contribution is 0.0892. The van der Waals surface area contributed by atoms with Crippen molar-refractivity contribution >= 4 is 11.6 Å². The highest BCUT2D eigenvalue weighted by atomic mass is 16.1. The van der Waals surface area contributed by atoms with E-state index in [1.165, 1.54) is 0 Å². The van der Waals surface area contributed by atoms with E-state index in [1.807, 2.05) is 29.0 Å². The molecule has 1 atom stereocenters. The highest BCUT2D eigenvalue weighted by molar-refractivity contribution is 5.95. The van der Waals surface area contributed by atoms with Crippen LogP contribution in [0.5, 0.6) is 0 Å². The monoisotopic (exact) mass is 324 g/mol. The highest BCUT2D eigenvalue weighted by Crippen LogP contribution is 2.21. The first-order valence-electron chi connectivity index (χ1n) is 7.94. The molecule has 5 heteroatoms. The van der Waals surface area contributed by atoms with Gasteiger partial charge in [-0.15, -0.1) is 6.42 Å². The lowest BCUT2D eigenvalue weighted by Gasteiger charge is -2.31. The van der Waals surface area contributed by atoms with Gasteiger partial charge in [-0.2, -0.15) is 0 Å². The van der Waals surface area contributed by atoms with Crippen molar-refractivity contribution in [1.29, 1.82) is 0 Å². The van der Waals surface area contributed by atoms with Gasteiger partial charge in [0.1, 0.15) is 0 Å². The fourth-order valence-electron chi connectivity index (χ4n) is 2.31. The number of benzene rings is 1. The molecule has 0 fully saturated rings. The molecule has 0 aliphatic rings. The van der Waals surface area contributed by atoms with Crippen molar-refractivity contribution in [2.24, 2.45) is 5.41 Å². The minimum atomic E-state index is -0.0978. The Bertz CT molecular complexity index is 708. The number of rotatable bonds is 6. The lowest BCUT2D eigenvalue weighted by atomic mass is 9.86. The summed E-state index contributed by atoms with van der Waals surface area (Å²) < 4.78 is 1.97. The molecule has 2 rings (SSSR count). The van der Waals surface area contributed by atoms with Crippen molar-refractivity contribution in [3.63, 3.8) is 0 Å². The van der Waals surface area contributed by atoms with E-state index in [4.69, 9.17) is 6.42 Å². The summed E-state index contributed by atoms with van der Waals surface area (Å²) in [6, 6.07) is 7.31. The minimum Gasteiger partial charge on any atom is -0.374 e. The molecule has 0 aliphatic carbocycles. The molecule has 126 valence electrons. The van der Waals surface area contributed by atoms with Crippen LogP contribution in [0.15, 0.2) is 43.0 Å². The van der Waals surface area contributed by atoms with Crippen molar-refractivity contribution in [3.05, 3.63) is 48.5 Å². The molecule has 0 bridgehead atoms. The van der Waals surface area contributed by atoms with Crippen LogP contribution < -0.4 is 10.6 Å². The number of hydrogen-bond donors (Lipinski definition) is 2. The van der Waals surface area contributed by atoms with Gasteiger partial charge in [-0.05, 0) is 23.6 Å². The largest absolute Gasteiger partial charge is 0.374 e. The Labute approximate surface area is 143 Å². The van der Waals surface area contributed by atoms with Crippen LogP contribution in [0.4, 0.5) is 5.69 Å². The van der Waals surface area contributed by atoms with E-state index < -0.39 is 0 Å². The third kappa shape index (κ3) is 4.88. The average Bonchev–Trinajstić information content (AvgIpc) is 3.04. The topological polar surface area (TPSA) is 59.0 Å². The van der Waals surface area contributed by atoms with Crippen LogP contribution in [-0.4, -0.2) is 28.0 Å². The third-order valence-electron chi connectivity index (χ3n) is 3.82. The summed E-state index contributed by atoms with van der Waals surface area (Å²) in [5.41, 5.74) is 1.36. The van der Waals surface area contributed by atoms with Gasteiger partial charge in [-0.25, -0.2) is 4.98 Å². The molecule has 0 saturated heterocycles. The Morgan fingerprint density at radius 1 is 1.42 bits per heavy atom. The number of aromatic nitrogens is 2. The van der Waals surface area contributed by atoms with Crippen LogP contribution in [0.3, 0.4) is 0 Å². The Kier molecular flexibility index (Phi) is 5.64. The molecular formula is C19H24N4O. The van der Waals surface area contributed by atoms with E-state index in [0.29, 0.717) is 18.7 Å². The zero-order valence-electron chi connectivity index (χ0n) is 14.4. The van der Waals surface area contributed by atoms with Crippen LogP contribution in [0.1, 0.15) is 31.1 Å². The van der Waals surface area contributed by atoms with Crippen LogP contribution in [-0.2, 0) is 6.54 Å². The summed E-state index contributed by atoms with van der Waals surface area (Å²) in [5, 5.41) is 6.22. The van der Waals surface area contributed by atoms with Gasteiger partial charge in [-0.3, -0.25) is 4.79 Å². The molecule has 0 aliphatic heterocycles. The van der Waals surface area contributed by atoms with E-state index in [0.717, 1.165) is 5.69 Å². The van der Waals surface area contributed by atoms with Crippen molar-refractivity contribution < 1.29 is 4.79 Å². The van der Waals surface area contributed by atoms with E-state index in [-0.39, 0.29) is 17.4 Å². The molecule has 24 heavy (non-hydrogen) atoms. The number of carbonyl (C=O) groups is 1. The number of hydrogen-bond acceptors (Lipinski definition) is 3. The Hall–Kier alpha value is -2.74. The number of anilines is 1. The van der Waals surface area contributed by atoms with Crippen LogP contribution in [0.25, 0.3) is 0 Å². The Morgan fingerprint density at radius 3 is 2.83 bits per heavy atom. The van der Waals surface area contributed by atoms with Crippen molar-refractivity contribution in [2.45, 2.75) is 33.4 Å². The SMILES string of the molecule is C#CCNc1cccc(C(=O)NC(Cn2ccnc2)C(C)(C)C)c1. The molecule has 5 nitrogen and oxygen atoms in total. The average molecular weight is 324 g/mol. The number of amides is 1. The predicted octanol–water partition coefficient (Wildman–Crippen LogP) is 2.77. The third-order valence-corrected chi connectivity index (χ3v) is 3.82. The molecular weight excluding hydrogens is 300 g/mol. The van der Waals surface area contributed by atoms with Crippen LogP contribution >= 0.6 is 0 Å². The number of nitrogens with one attached hydrogen (secondary N) is 2. The predicted molar refractivity (Wildman–Crippen MR) is 96.7 cm³/mol. The van der Waals surface area contributed by atoms with E-state index in [2.05, 4.69) is 42.3 Å². The van der Waals surface area contributed by atoms with E-state index >= 15 is 0 Å². The normalized spacial score (nSPS) is 12.2. The quantitative estimate of drug-likeness (QED) is 0.803. The lowest BCUT2D eigenvalue weighted by Crippen LogP contribution is -2.46. The molecule has 1 unspecified atom stereocenters. The van der Waals surface area contributed by atoms with Gasteiger partial charge in [0.2, 0.25) is 0 Å². The van der Waals surface area contributed by atoms with Gasteiger partial charge in [0.15, 0.2) is 0 Å². The standard InChI is InChI=1S/C19H24N4O/c1-5-9-21-16-8-6-7-15(12-16)18(24)22-17(19(2,3)4)13-23-11-10-20-14-23/h1,6-8,10-12,14,17,21H,9,13H2,2-4H3,(H,22,24). The summed E-state index contributed by atoms with van der Waals surface area (Å²) >= 11 is 0. The molecule has 1 heterocycles. The smallest absolute Gasteiger partial charge is 0.251 e. The zero-order chi connectivity index (χ0) is 17.6. The van der Waals surface area contributed by atoms with Crippen LogP contribution in [0, 0.1) is 17.8 Å². The van der Waals surface area contributed by atoms with Gasteiger partial charge in [0.05, 0.1) is 18.9 Å². The summed E-state index contributed by atoms with van der Waals surface area (Å²) in [4.78, 5) is 16.7. The van der Waals surface area contributed by atoms with Gasteiger partial charge in [0, 0.05) is 30.2 Å². The number of terminal acetylenes is 1. The number of imidazole rings is 1. The molecule has 0 spiro atoms. The zero-order valence-corrected chi connectivity index (χ0v) is 14.4. The van der Waals surface area contributed by atoms with Gasteiger partial charge < -0.3 is 15.2 Å². The van der Waals surface area contributed by atoms with Crippen molar-refractivity contribution in [3.8, 4) is 12.3 Å². The molecule has 2 N–H and O–H groups in total. The molecule has 1 aromatic heterocycles. The van der Waals surface area contributed by atoms with Gasteiger partial charge >= 0.3 is 0 Å². The summed E-state index contributed by atoms with van der Waals surface area (Å²) in [6.07, 6.45) is 10.6. The molecule has 1 amide bonds. The van der Waals surface area contributed by atoms with E-state index in [9.17, 15) is 4.79 Å². The second-order valence-corrected chi connectivity index (χ2v) is 6.79. The van der Waals surface area contributed by atoms with Gasteiger partial charge in [0.25, 0.3) is 5.91 Å². The molecule has 0 radical (unpaired) electrons. The second-order valence-electron chi connectivity index (χ2n) is 6.79. The maximum absolute atomic E-state index is 12.7. The number of carbonyl (C=O) groups excluding carboxylic acids is 1. The summed E-state index contributed by atoms with van der Waals surface area (Å²) in [5.74, 6) is 2.42. The molecule has 1 aromatic carbocycles. The maximum atomic E-state index is 12.7. The van der Waals surface area contributed by atoms with E-state index in [1.54, 1.807) is 18.6 Å². The first-order valence-corrected chi connectivity index (χ1v) is 7.94. The molecule has 0 saturated carbocycles. The fourth-order valence-corrected chi connectivity index (χ4v) is 2.31. The Morgan fingerprint density at radius 2 is 2.21 bits per heavy atom. The fraction of sp³-hybridized carbons (Fsp3) is 0.368. The first-order chi connectivity index (χ1) is 11.4. The first kappa shape index (κ1) is 17.6. The van der Waals surface area contributed by atoms with Crippen molar-refractivity contribution in [2.75, 3.05) is 11.9 Å². The van der Waals surface area contributed by atoms with Gasteiger partial charge in [-0.1, -0.05) is 32.8 Å². The summed E-state index contributed by atoms with van der Waals surface area (Å²) in [7, 11) is 0. The number of nitrogens with zero attached hydrogens (tertiary/aromatic N) is 2. The molecule has 2 aromatic rings. The van der Waals surface area contributed by atoms with Crippen molar-refractivity contribution in [1.82, 2.24) is 14.9 Å². The second kappa shape index (κ2) is 7.69. The summed E-state index contributed by atoms with van der Waals surface area (Å²) in [6.45, 7) is 7.43. The Balaban J connectivity index is 2.11. The highest BCUT2D eigenvalue weighted by Gasteiger charge is 2.27. The minimum absolute atomic E-state index is 0.0264. The maximum Gasteiger partial charge on any atom is 0.251 e.